The maximum absolute atomic E-state index is 14.8. The van der Waals surface area contributed by atoms with Crippen molar-refractivity contribution in [3.8, 4) is 11.6 Å². The zero-order valence-corrected chi connectivity index (χ0v) is 34.0. The number of ether oxygens (including phenoxy) is 3. The van der Waals surface area contributed by atoms with Gasteiger partial charge in [-0.25, -0.2) is 27.3 Å². The van der Waals surface area contributed by atoms with Gasteiger partial charge in [-0.1, -0.05) is 37.6 Å². The van der Waals surface area contributed by atoms with Crippen LogP contribution in [0.1, 0.15) is 72.6 Å². The summed E-state index contributed by atoms with van der Waals surface area (Å²) in [6, 6.07) is 2.01. The highest BCUT2D eigenvalue weighted by molar-refractivity contribution is 7.91. The van der Waals surface area contributed by atoms with Crippen LogP contribution >= 0.6 is 11.6 Å². The maximum atomic E-state index is 14.8. The molecule has 1 aromatic carbocycles. The Morgan fingerprint density at radius 1 is 1.12 bits per heavy atom. The van der Waals surface area contributed by atoms with Gasteiger partial charge >= 0.3 is 12.3 Å². The summed E-state index contributed by atoms with van der Waals surface area (Å²) in [6.07, 6.45) is -1.95. The number of amides is 4. The predicted molar refractivity (Wildman–Crippen MR) is 202 cm³/mol. The van der Waals surface area contributed by atoms with E-state index < -0.39 is 86.2 Å². The highest BCUT2D eigenvalue weighted by atomic mass is 35.5. The number of halogens is 5. The Balaban J connectivity index is 1.36. The second-order valence-corrected chi connectivity index (χ2v) is 18.6. The van der Waals surface area contributed by atoms with Crippen molar-refractivity contribution in [3.63, 3.8) is 0 Å². The largest absolute Gasteiger partial charge is 0.495 e. The lowest BCUT2D eigenvalue weighted by molar-refractivity contribution is -0.244. The van der Waals surface area contributed by atoms with Gasteiger partial charge in [-0.3, -0.25) is 14.4 Å². The van der Waals surface area contributed by atoms with Crippen LogP contribution in [0.3, 0.4) is 0 Å². The van der Waals surface area contributed by atoms with Crippen LogP contribution in [0, 0.1) is 17.8 Å². The summed E-state index contributed by atoms with van der Waals surface area (Å²) in [4.78, 5) is 61.4. The number of sulfonamides is 1. The number of rotatable bonds is 8. The van der Waals surface area contributed by atoms with E-state index in [2.05, 4.69) is 15.6 Å². The van der Waals surface area contributed by atoms with Crippen LogP contribution in [-0.4, -0.2) is 96.3 Å². The Hall–Kier alpha value is -4.39. The van der Waals surface area contributed by atoms with E-state index in [0.29, 0.717) is 49.6 Å². The van der Waals surface area contributed by atoms with Crippen molar-refractivity contribution >= 4 is 56.2 Å². The molecule has 2 aliphatic carbocycles. The molecule has 3 N–H and O–H groups in total. The minimum atomic E-state index is -4.94. The molecule has 58 heavy (non-hydrogen) atoms. The van der Waals surface area contributed by atoms with Crippen LogP contribution < -0.4 is 24.8 Å². The number of nitrogens with zero attached hydrogens (tertiary/aromatic N) is 2. The quantitative estimate of drug-likeness (QED) is 0.227. The SMILES string of the molecule is COc1cc2ccnc(O[C@@H]3C[C@H]4C(=O)N[C@]5(C(=O)NS(=O)(=O)C6(F)CC6)C[C@H]5/C=C\CC[C@H](C)C[C@@H](C)[C@H](NC(=O)OC(C)(C)C(F)(F)F)C(=O)N4C3)c2cc1Cl. The highest BCUT2D eigenvalue weighted by Crippen LogP contribution is 2.48. The number of aromatic nitrogens is 1. The number of nitrogens with one attached hydrogen (secondary N) is 3. The van der Waals surface area contributed by atoms with E-state index in [1.54, 1.807) is 37.3 Å². The Morgan fingerprint density at radius 2 is 1.83 bits per heavy atom. The van der Waals surface area contributed by atoms with Crippen LogP contribution in [0.2, 0.25) is 5.02 Å². The van der Waals surface area contributed by atoms with Gasteiger partial charge in [-0.2, -0.15) is 13.2 Å². The first-order valence-electron chi connectivity index (χ1n) is 18.9. The first-order chi connectivity index (χ1) is 27.0. The third kappa shape index (κ3) is 8.65. The van der Waals surface area contributed by atoms with Crippen LogP contribution in [0.25, 0.3) is 10.8 Å². The monoisotopic (exact) mass is 859 g/mol. The summed E-state index contributed by atoms with van der Waals surface area (Å²) in [7, 11) is -3.30. The summed E-state index contributed by atoms with van der Waals surface area (Å²) in [5.41, 5.74) is -4.74. The second-order valence-electron chi connectivity index (χ2n) is 16.2. The van der Waals surface area contributed by atoms with Gasteiger partial charge in [0.05, 0.1) is 18.7 Å². The molecule has 2 aliphatic heterocycles. The number of alkyl carbamates (subject to hydrolysis) is 1. The van der Waals surface area contributed by atoms with Gasteiger partial charge in [-0.15, -0.1) is 0 Å². The average Bonchev–Trinajstić information content (AvgIpc) is 4.01. The van der Waals surface area contributed by atoms with Gasteiger partial charge in [0.2, 0.25) is 28.3 Å². The normalized spacial score (nSPS) is 29.4. The fourth-order valence-electron chi connectivity index (χ4n) is 7.49. The minimum absolute atomic E-state index is 0.0295. The van der Waals surface area contributed by atoms with Crippen molar-refractivity contribution in [2.75, 3.05) is 13.7 Å². The summed E-state index contributed by atoms with van der Waals surface area (Å²) in [6.45, 7) is 4.58. The van der Waals surface area contributed by atoms with E-state index in [9.17, 15) is 45.2 Å². The molecule has 0 bridgehead atoms. The topological polar surface area (TPSA) is 182 Å². The molecule has 1 saturated heterocycles. The summed E-state index contributed by atoms with van der Waals surface area (Å²) >= 11 is 6.41. The van der Waals surface area contributed by atoms with Crippen molar-refractivity contribution in [2.24, 2.45) is 17.8 Å². The Bertz CT molecular complexity index is 2120. The molecule has 1 aromatic heterocycles. The van der Waals surface area contributed by atoms with Gasteiger partial charge in [-0.05, 0) is 75.0 Å². The number of carbonyl (C=O) groups is 4. The molecule has 0 radical (unpaired) electrons. The van der Waals surface area contributed by atoms with Crippen LogP contribution in [-0.2, 0) is 29.1 Å². The predicted octanol–water partition coefficient (Wildman–Crippen LogP) is 5.47. The van der Waals surface area contributed by atoms with Crippen molar-refractivity contribution in [2.45, 2.75) is 113 Å². The Kier molecular flexibility index (Phi) is 11.7. The fraction of sp³-hybridized carbons (Fsp3) is 0.605. The number of benzene rings is 1. The standard InChI is InChI=1S/C38H46ClF4N5O9S/c1-20-8-6-7-9-23-18-37(23,33(51)47-58(53,54)36(40)11-12-36)46-30(49)27-16-24(56-31-25-17-26(39)28(55-5)15-22(25)10-13-44-31)19-48(27)32(50)29(21(2)14-20)45-34(52)57-35(3,4)38(41,42)43/h7,9-10,13,15,17,20-21,23-24,27,29H,6,8,11-12,14,16,18-19H2,1-5H3,(H,45,52)(H,46,49)(H,47,51)/b9-7-/t20-,21+,23+,24+,27-,29-,37+/m0/s1. The molecule has 20 heteroatoms. The Morgan fingerprint density at radius 3 is 2.48 bits per heavy atom. The molecule has 318 valence electrons. The number of alkyl halides is 4. The molecule has 2 saturated carbocycles. The molecule has 0 spiro atoms. The lowest BCUT2D eigenvalue weighted by atomic mass is 9.88. The molecule has 14 nitrogen and oxygen atoms in total. The first kappa shape index (κ1) is 43.2. The average molecular weight is 860 g/mol. The van der Waals surface area contributed by atoms with Crippen molar-refractivity contribution in [1.29, 1.82) is 0 Å². The molecule has 0 unspecified atom stereocenters. The van der Waals surface area contributed by atoms with Crippen LogP contribution in [0.15, 0.2) is 36.5 Å². The van der Waals surface area contributed by atoms with E-state index in [1.807, 2.05) is 11.6 Å². The molecule has 3 fully saturated rings. The smallest absolute Gasteiger partial charge is 0.427 e. The lowest BCUT2D eigenvalue weighted by Gasteiger charge is -2.34. The highest BCUT2D eigenvalue weighted by Gasteiger charge is 2.64. The zero-order chi connectivity index (χ0) is 42.6. The van der Waals surface area contributed by atoms with Gasteiger partial charge in [0.1, 0.15) is 29.5 Å². The third-order valence-electron chi connectivity index (χ3n) is 11.4. The van der Waals surface area contributed by atoms with Crippen molar-refractivity contribution in [1.82, 2.24) is 25.2 Å². The van der Waals surface area contributed by atoms with Crippen molar-refractivity contribution in [3.05, 3.63) is 41.6 Å². The molecular weight excluding hydrogens is 814 g/mol. The number of carbonyl (C=O) groups excluding carboxylic acids is 4. The molecular formula is C38H46ClF4N5O9S. The maximum Gasteiger partial charge on any atom is 0.427 e. The van der Waals surface area contributed by atoms with Gasteiger partial charge < -0.3 is 29.7 Å². The van der Waals surface area contributed by atoms with E-state index in [-0.39, 0.29) is 49.0 Å². The zero-order valence-electron chi connectivity index (χ0n) is 32.5. The first-order valence-corrected chi connectivity index (χ1v) is 20.8. The summed E-state index contributed by atoms with van der Waals surface area (Å²) in [5.74, 6) is -3.86. The van der Waals surface area contributed by atoms with E-state index in [0.717, 1.165) is 4.90 Å². The molecule has 4 amide bonds. The third-order valence-corrected chi connectivity index (χ3v) is 13.5. The second kappa shape index (κ2) is 15.7. The number of hydrogen-bond donors (Lipinski definition) is 3. The molecule has 6 rings (SSSR count). The van der Waals surface area contributed by atoms with Crippen LogP contribution in [0.5, 0.6) is 11.6 Å². The number of hydrogen-bond acceptors (Lipinski definition) is 10. The molecule has 2 aromatic rings. The van der Waals surface area contributed by atoms with E-state index >= 15 is 0 Å². The summed E-state index contributed by atoms with van der Waals surface area (Å²) < 4.78 is 99.7. The van der Waals surface area contributed by atoms with Gasteiger partial charge in [0.15, 0.2) is 0 Å². The number of methoxy groups -OCH3 is 1. The van der Waals surface area contributed by atoms with Crippen molar-refractivity contribution < 1.29 is 59.4 Å². The van der Waals surface area contributed by atoms with E-state index in [1.165, 1.54) is 13.3 Å². The number of fused-ring (bicyclic) bond motifs is 3. The van der Waals surface area contributed by atoms with Gasteiger partial charge in [0.25, 0.3) is 15.9 Å². The van der Waals surface area contributed by atoms with E-state index in [4.69, 9.17) is 25.8 Å². The number of pyridine rings is 1. The molecule has 7 atom stereocenters. The fourth-order valence-corrected chi connectivity index (χ4v) is 8.98. The Labute approximate surface area is 337 Å². The minimum Gasteiger partial charge on any atom is -0.495 e. The van der Waals surface area contributed by atoms with Crippen LogP contribution in [0.4, 0.5) is 22.4 Å². The summed E-state index contributed by atoms with van der Waals surface area (Å²) in [5, 5.41) is 3.74. The van der Waals surface area contributed by atoms with Gasteiger partial charge in [0, 0.05) is 36.8 Å². The molecule has 3 heterocycles. The number of allylic oxidation sites excluding steroid dienone is 1. The lowest BCUT2D eigenvalue weighted by Crippen LogP contribution is -2.59. The molecule has 4 aliphatic rings.